The Balaban J connectivity index is 2.17. The fraction of sp³-hybridized carbons (Fsp3) is 0.182. The standard InChI is InChI=1S/C11H14N6O3S2/c1-22(18,19)17-9(12)4-6-2-3-8(20-6)7-5-21-11(15-7)16-10(13)14/h2-3,5H,4H2,1H3,(H2,12,17)(H4,13,14,15,16). The van der Waals surface area contributed by atoms with Crippen LogP contribution in [0.15, 0.2) is 31.3 Å². The van der Waals surface area contributed by atoms with Crippen molar-refractivity contribution in [3.63, 3.8) is 0 Å². The molecule has 0 spiro atoms. The number of amidine groups is 1. The number of nitrogens with zero attached hydrogens (tertiary/aromatic N) is 3. The minimum atomic E-state index is -3.52. The highest BCUT2D eigenvalue weighted by Crippen LogP contribution is 2.28. The molecule has 0 aliphatic carbocycles. The number of aliphatic imine (C=N–C) groups is 1. The maximum Gasteiger partial charge on any atom is 0.251 e. The lowest BCUT2D eigenvalue weighted by molar-refractivity contribution is 0.538. The van der Waals surface area contributed by atoms with Crippen LogP contribution >= 0.6 is 11.3 Å². The number of thiazole rings is 1. The van der Waals surface area contributed by atoms with E-state index >= 15 is 0 Å². The van der Waals surface area contributed by atoms with Crippen LogP contribution in [0, 0.1) is 0 Å². The molecule has 0 bridgehead atoms. The van der Waals surface area contributed by atoms with Crippen molar-refractivity contribution in [1.29, 1.82) is 0 Å². The van der Waals surface area contributed by atoms with E-state index in [-0.39, 0.29) is 18.2 Å². The highest BCUT2D eigenvalue weighted by Gasteiger charge is 2.11. The zero-order chi connectivity index (χ0) is 16.3. The van der Waals surface area contributed by atoms with Crippen molar-refractivity contribution in [2.45, 2.75) is 6.42 Å². The molecule has 6 N–H and O–H groups in total. The van der Waals surface area contributed by atoms with Gasteiger partial charge in [-0.15, -0.1) is 11.3 Å². The van der Waals surface area contributed by atoms with Gasteiger partial charge in [0.15, 0.2) is 11.7 Å². The molecule has 0 amide bonds. The van der Waals surface area contributed by atoms with Crippen molar-refractivity contribution in [2.24, 2.45) is 26.6 Å². The Bertz CT molecular complexity index is 830. The van der Waals surface area contributed by atoms with E-state index in [1.165, 1.54) is 11.3 Å². The van der Waals surface area contributed by atoms with Crippen molar-refractivity contribution in [3.8, 4) is 11.5 Å². The molecule has 0 aliphatic heterocycles. The average Bonchev–Trinajstić information content (AvgIpc) is 2.94. The van der Waals surface area contributed by atoms with Gasteiger partial charge in [-0.05, 0) is 12.1 Å². The molecule has 11 heteroatoms. The van der Waals surface area contributed by atoms with Gasteiger partial charge in [0.2, 0.25) is 5.13 Å². The number of nitrogens with two attached hydrogens (primary N) is 3. The second-order valence-corrected chi connectivity index (χ2v) is 6.80. The summed E-state index contributed by atoms with van der Waals surface area (Å²) in [5.41, 5.74) is 16.7. The molecule has 0 aromatic carbocycles. The topological polar surface area (TPSA) is 163 Å². The Labute approximate surface area is 130 Å². The zero-order valence-corrected chi connectivity index (χ0v) is 13.2. The van der Waals surface area contributed by atoms with Crippen LogP contribution in [0.3, 0.4) is 0 Å². The van der Waals surface area contributed by atoms with Crippen LogP contribution in [-0.2, 0) is 16.4 Å². The van der Waals surface area contributed by atoms with E-state index in [4.69, 9.17) is 21.6 Å². The van der Waals surface area contributed by atoms with Gasteiger partial charge < -0.3 is 21.6 Å². The molecule has 0 saturated heterocycles. The lowest BCUT2D eigenvalue weighted by Gasteiger charge is -1.96. The molecule has 2 aromatic rings. The molecule has 2 aromatic heterocycles. The summed E-state index contributed by atoms with van der Waals surface area (Å²) in [6, 6.07) is 3.36. The number of aromatic nitrogens is 1. The van der Waals surface area contributed by atoms with E-state index < -0.39 is 10.0 Å². The second-order valence-electron chi connectivity index (χ2n) is 4.31. The van der Waals surface area contributed by atoms with Gasteiger partial charge in [0.1, 0.15) is 17.3 Å². The second kappa shape index (κ2) is 6.15. The maximum absolute atomic E-state index is 11.0. The monoisotopic (exact) mass is 342 g/mol. The molecule has 0 atom stereocenters. The highest BCUT2D eigenvalue weighted by atomic mass is 32.2. The number of hydrogen-bond acceptors (Lipinski definition) is 6. The van der Waals surface area contributed by atoms with E-state index in [0.717, 1.165) is 6.26 Å². The Hall–Kier alpha value is -2.40. The molecule has 0 radical (unpaired) electrons. The van der Waals surface area contributed by atoms with E-state index in [1.54, 1.807) is 17.5 Å². The number of furan rings is 1. The van der Waals surface area contributed by atoms with Crippen LogP contribution in [0.2, 0.25) is 0 Å². The zero-order valence-electron chi connectivity index (χ0n) is 11.6. The quantitative estimate of drug-likeness (QED) is 0.515. The van der Waals surface area contributed by atoms with Gasteiger partial charge in [-0.2, -0.15) is 9.39 Å². The fourth-order valence-corrected chi connectivity index (χ4v) is 2.76. The summed E-state index contributed by atoms with van der Waals surface area (Å²) in [5.74, 6) is 0.834. The number of hydrogen-bond donors (Lipinski definition) is 3. The molecule has 2 rings (SSSR count). The van der Waals surface area contributed by atoms with Crippen molar-refractivity contribution in [1.82, 2.24) is 4.98 Å². The molecular weight excluding hydrogens is 328 g/mol. The summed E-state index contributed by atoms with van der Waals surface area (Å²) in [7, 11) is -3.52. The summed E-state index contributed by atoms with van der Waals surface area (Å²) in [4.78, 5) is 8.03. The first-order chi connectivity index (χ1) is 10.2. The van der Waals surface area contributed by atoms with Gasteiger partial charge in [-0.1, -0.05) is 0 Å². The Morgan fingerprint density at radius 1 is 1.36 bits per heavy atom. The summed E-state index contributed by atoms with van der Waals surface area (Å²) in [6.07, 6.45) is 1.05. The summed E-state index contributed by atoms with van der Waals surface area (Å²) >= 11 is 1.26. The van der Waals surface area contributed by atoms with Crippen LogP contribution < -0.4 is 17.2 Å². The van der Waals surface area contributed by atoms with Gasteiger partial charge in [0, 0.05) is 5.38 Å². The fourth-order valence-electron chi connectivity index (χ4n) is 1.57. The highest BCUT2D eigenvalue weighted by molar-refractivity contribution is 7.89. The predicted octanol–water partition coefficient (Wildman–Crippen LogP) is 0.167. The number of guanidine groups is 1. The Morgan fingerprint density at radius 2 is 2.09 bits per heavy atom. The summed E-state index contributed by atoms with van der Waals surface area (Å²) in [6.45, 7) is 0. The molecule has 0 unspecified atom stereocenters. The molecule has 0 saturated carbocycles. The summed E-state index contributed by atoms with van der Waals surface area (Å²) < 4.78 is 30.9. The largest absolute Gasteiger partial charge is 0.459 e. The van der Waals surface area contributed by atoms with Gasteiger partial charge in [0.05, 0.1) is 12.7 Å². The van der Waals surface area contributed by atoms with E-state index in [2.05, 4.69) is 14.4 Å². The molecule has 0 fully saturated rings. The number of rotatable bonds is 5. The molecule has 9 nitrogen and oxygen atoms in total. The van der Waals surface area contributed by atoms with Crippen molar-refractivity contribution in [3.05, 3.63) is 23.3 Å². The van der Waals surface area contributed by atoms with Gasteiger partial charge >= 0.3 is 0 Å². The normalized spacial score (nSPS) is 12.3. The summed E-state index contributed by atoms with van der Waals surface area (Å²) in [5, 5.41) is 2.14. The SMILES string of the molecule is CS(=O)(=O)N=C(N)Cc1ccc(-c2csc(N=C(N)N)n2)o1. The third-order valence-corrected chi connectivity index (χ3v) is 3.57. The van der Waals surface area contributed by atoms with Gasteiger partial charge in [-0.3, -0.25) is 0 Å². The minimum Gasteiger partial charge on any atom is -0.459 e. The lowest BCUT2D eigenvalue weighted by atomic mass is 10.3. The molecule has 2 heterocycles. The van der Waals surface area contributed by atoms with Crippen LogP contribution in [0.5, 0.6) is 0 Å². The van der Waals surface area contributed by atoms with Crippen LogP contribution in [0.4, 0.5) is 5.13 Å². The lowest BCUT2D eigenvalue weighted by Crippen LogP contribution is -2.21. The van der Waals surface area contributed by atoms with Gasteiger partial charge in [0.25, 0.3) is 10.0 Å². The van der Waals surface area contributed by atoms with E-state index in [9.17, 15) is 8.42 Å². The van der Waals surface area contributed by atoms with E-state index in [1.807, 2.05) is 0 Å². The first kappa shape index (κ1) is 16.0. The maximum atomic E-state index is 11.0. The van der Waals surface area contributed by atoms with Crippen molar-refractivity contribution >= 4 is 38.3 Å². The third kappa shape index (κ3) is 4.56. The van der Waals surface area contributed by atoms with Crippen LogP contribution in [-0.4, -0.2) is 31.5 Å². The van der Waals surface area contributed by atoms with Crippen molar-refractivity contribution in [2.75, 3.05) is 6.26 Å². The van der Waals surface area contributed by atoms with Crippen LogP contribution in [0.1, 0.15) is 5.76 Å². The first-order valence-electron chi connectivity index (χ1n) is 5.91. The van der Waals surface area contributed by atoms with Gasteiger partial charge in [-0.25, -0.2) is 13.4 Å². The number of sulfonamides is 1. The molecular formula is C11H14N6O3S2. The van der Waals surface area contributed by atoms with Crippen LogP contribution in [0.25, 0.3) is 11.5 Å². The predicted molar refractivity (Wildman–Crippen MR) is 85.5 cm³/mol. The first-order valence-corrected chi connectivity index (χ1v) is 8.64. The Morgan fingerprint density at radius 3 is 2.73 bits per heavy atom. The average molecular weight is 342 g/mol. The minimum absolute atomic E-state index is 0.0529. The third-order valence-electron chi connectivity index (χ3n) is 2.27. The molecule has 118 valence electrons. The molecule has 0 aliphatic rings. The Kier molecular flexibility index (Phi) is 4.47. The van der Waals surface area contributed by atoms with Crippen molar-refractivity contribution < 1.29 is 12.8 Å². The molecule has 22 heavy (non-hydrogen) atoms. The smallest absolute Gasteiger partial charge is 0.251 e. The van der Waals surface area contributed by atoms with E-state index in [0.29, 0.717) is 22.3 Å².